The molecule has 8 heteroatoms. The fraction of sp³-hybridized carbons (Fsp3) is 0. The Balaban J connectivity index is 2.00. The van der Waals surface area contributed by atoms with Gasteiger partial charge in [0, 0.05) is 23.3 Å². The third-order valence-electron chi connectivity index (χ3n) is 3.76. The molecule has 3 N–H and O–H groups in total. The highest BCUT2D eigenvalue weighted by Crippen LogP contribution is 2.35. The number of tetrazole rings is 1. The standard InChI is InChI=1S/C16H12N6OS/c17-24(23)14-3-1-2-13(15(14)16-19-21-22-20-16)11-4-5-12-9-18-7-6-10(12)8-11/h1-9H,17H2,(H,19,20,21,22). The summed E-state index contributed by atoms with van der Waals surface area (Å²) in [6.07, 6.45) is 3.56. The lowest BCUT2D eigenvalue weighted by Gasteiger charge is -2.11. The Morgan fingerprint density at radius 3 is 2.79 bits per heavy atom. The van der Waals surface area contributed by atoms with Crippen LogP contribution in [0.2, 0.25) is 0 Å². The number of benzene rings is 2. The van der Waals surface area contributed by atoms with Gasteiger partial charge in [0.25, 0.3) is 0 Å². The van der Waals surface area contributed by atoms with Gasteiger partial charge in [-0.15, -0.1) is 10.2 Å². The molecule has 0 fully saturated rings. The van der Waals surface area contributed by atoms with Crippen molar-refractivity contribution in [1.82, 2.24) is 25.6 Å². The molecule has 0 saturated heterocycles. The first kappa shape index (κ1) is 14.6. The molecule has 7 nitrogen and oxygen atoms in total. The van der Waals surface area contributed by atoms with Crippen LogP contribution < -0.4 is 5.14 Å². The fourth-order valence-electron chi connectivity index (χ4n) is 2.69. The highest BCUT2D eigenvalue weighted by molar-refractivity contribution is 7.82. The molecule has 24 heavy (non-hydrogen) atoms. The molecule has 0 radical (unpaired) electrons. The van der Waals surface area contributed by atoms with E-state index in [2.05, 4.69) is 25.6 Å². The monoisotopic (exact) mass is 336 g/mol. The van der Waals surface area contributed by atoms with E-state index >= 15 is 0 Å². The molecule has 0 aliphatic heterocycles. The number of fused-ring (bicyclic) bond motifs is 1. The number of nitrogens with two attached hydrogens (primary N) is 1. The minimum Gasteiger partial charge on any atom is -0.264 e. The molecule has 118 valence electrons. The second-order valence-corrected chi connectivity index (χ2v) is 6.18. The summed E-state index contributed by atoms with van der Waals surface area (Å²) in [4.78, 5) is 4.58. The lowest BCUT2D eigenvalue weighted by Crippen LogP contribution is -2.06. The summed E-state index contributed by atoms with van der Waals surface area (Å²) in [7, 11) is -1.67. The molecule has 1 atom stereocenters. The second kappa shape index (κ2) is 5.91. The maximum Gasteiger partial charge on any atom is 0.206 e. The smallest absolute Gasteiger partial charge is 0.206 e. The van der Waals surface area contributed by atoms with Crippen LogP contribution in [0, 0.1) is 0 Å². The van der Waals surface area contributed by atoms with Crippen LogP contribution in [0.5, 0.6) is 0 Å². The first-order valence-corrected chi connectivity index (χ1v) is 8.32. The molecule has 0 saturated carbocycles. The summed E-state index contributed by atoms with van der Waals surface area (Å²) in [6, 6.07) is 13.4. The second-order valence-electron chi connectivity index (χ2n) is 5.15. The first-order chi connectivity index (χ1) is 11.7. The van der Waals surface area contributed by atoms with Crippen LogP contribution in [-0.4, -0.2) is 29.8 Å². The van der Waals surface area contributed by atoms with Crippen molar-refractivity contribution in [2.75, 3.05) is 0 Å². The zero-order valence-electron chi connectivity index (χ0n) is 12.4. The van der Waals surface area contributed by atoms with Crippen molar-refractivity contribution in [3.8, 4) is 22.5 Å². The Morgan fingerprint density at radius 2 is 2.00 bits per heavy atom. The highest BCUT2D eigenvalue weighted by atomic mass is 32.2. The molecule has 4 aromatic rings. The third kappa shape index (κ3) is 2.47. The maximum absolute atomic E-state index is 12.0. The van der Waals surface area contributed by atoms with Gasteiger partial charge < -0.3 is 0 Å². The average Bonchev–Trinajstić information content (AvgIpc) is 3.15. The van der Waals surface area contributed by atoms with E-state index in [1.807, 2.05) is 42.6 Å². The predicted molar refractivity (Wildman–Crippen MR) is 90.9 cm³/mol. The Bertz CT molecular complexity index is 1050. The quantitative estimate of drug-likeness (QED) is 0.595. The Labute approximate surface area is 139 Å². The Morgan fingerprint density at radius 1 is 1.08 bits per heavy atom. The van der Waals surface area contributed by atoms with E-state index in [1.54, 1.807) is 12.3 Å². The van der Waals surface area contributed by atoms with Gasteiger partial charge in [0.05, 0.1) is 4.90 Å². The predicted octanol–water partition coefficient (Wildman–Crippen LogP) is 2.06. The van der Waals surface area contributed by atoms with E-state index in [9.17, 15) is 4.21 Å². The van der Waals surface area contributed by atoms with E-state index in [0.717, 1.165) is 21.9 Å². The largest absolute Gasteiger partial charge is 0.264 e. The normalized spacial score (nSPS) is 12.4. The number of H-pyrrole nitrogens is 1. The molecule has 4 rings (SSSR count). The number of nitrogens with one attached hydrogen (secondary N) is 1. The maximum atomic E-state index is 12.0. The minimum absolute atomic E-state index is 0.356. The van der Waals surface area contributed by atoms with Crippen molar-refractivity contribution < 1.29 is 4.21 Å². The number of aromatic amines is 1. The van der Waals surface area contributed by atoms with Crippen LogP contribution in [0.3, 0.4) is 0 Å². The number of aromatic nitrogens is 5. The van der Waals surface area contributed by atoms with Gasteiger partial charge in [0.15, 0.2) is 0 Å². The lowest BCUT2D eigenvalue weighted by molar-refractivity contribution is 0.684. The van der Waals surface area contributed by atoms with E-state index in [0.29, 0.717) is 16.3 Å². The average molecular weight is 336 g/mol. The van der Waals surface area contributed by atoms with Crippen LogP contribution >= 0.6 is 0 Å². The Hall–Kier alpha value is -2.97. The molecule has 0 aliphatic carbocycles. The molecule has 0 spiro atoms. The molecule has 2 aromatic carbocycles. The molecule has 2 aromatic heterocycles. The summed E-state index contributed by atoms with van der Waals surface area (Å²) in [5.41, 5.74) is 2.40. The van der Waals surface area contributed by atoms with Crippen molar-refractivity contribution in [2.24, 2.45) is 5.14 Å². The fourth-order valence-corrected chi connectivity index (χ4v) is 3.30. The topological polar surface area (TPSA) is 110 Å². The van der Waals surface area contributed by atoms with Gasteiger partial charge in [0.2, 0.25) is 5.82 Å². The van der Waals surface area contributed by atoms with E-state index in [1.165, 1.54) is 0 Å². The number of hydrogen-bond acceptors (Lipinski definition) is 5. The minimum atomic E-state index is -1.67. The van der Waals surface area contributed by atoms with Gasteiger partial charge in [-0.05, 0) is 39.9 Å². The molecule has 1 unspecified atom stereocenters. The van der Waals surface area contributed by atoms with E-state index in [4.69, 9.17) is 5.14 Å². The van der Waals surface area contributed by atoms with Crippen LogP contribution in [-0.2, 0) is 11.0 Å². The van der Waals surface area contributed by atoms with Gasteiger partial charge in [-0.1, -0.05) is 24.3 Å². The van der Waals surface area contributed by atoms with Gasteiger partial charge in [-0.3, -0.25) is 4.98 Å². The van der Waals surface area contributed by atoms with Crippen molar-refractivity contribution >= 4 is 21.8 Å². The van der Waals surface area contributed by atoms with Crippen LogP contribution in [0.25, 0.3) is 33.3 Å². The van der Waals surface area contributed by atoms with Crippen molar-refractivity contribution in [1.29, 1.82) is 0 Å². The number of nitrogens with zero attached hydrogens (tertiary/aromatic N) is 4. The van der Waals surface area contributed by atoms with Crippen molar-refractivity contribution in [3.05, 3.63) is 54.9 Å². The van der Waals surface area contributed by atoms with Crippen LogP contribution in [0.15, 0.2) is 59.8 Å². The van der Waals surface area contributed by atoms with Crippen molar-refractivity contribution in [2.45, 2.75) is 4.90 Å². The van der Waals surface area contributed by atoms with Gasteiger partial charge in [0.1, 0.15) is 11.0 Å². The molecule has 0 bridgehead atoms. The summed E-state index contributed by atoms with van der Waals surface area (Å²) in [5, 5.41) is 21.8. The lowest BCUT2D eigenvalue weighted by atomic mass is 9.97. The summed E-state index contributed by atoms with van der Waals surface area (Å²) in [5.74, 6) is 0.356. The zero-order chi connectivity index (χ0) is 16.5. The number of hydrogen-bond donors (Lipinski definition) is 2. The SMILES string of the molecule is NS(=O)c1cccc(-c2ccc3cnccc3c2)c1-c1nn[nH]n1. The number of pyridine rings is 1. The Kier molecular flexibility index (Phi) is 3.60. The molecule has 0 amide bonds. The van der Waals surface area contributed by atoms with Crippen LogP contribution in [0.4, 0.5) is 0 Å². The summed E-state index contributed by atoms with van der Waals surface area (Å²) >= 11 is 0. The van der Waals surface area contributed by atoms with E-state index < -0.39 is 11.0 Å². The highest BCUT2D eigenvalue weighted by Gasteiger charge is 2.18. The summed E-state index contributed by atoms with van der Waals surface area (Å²) < 4.78 is 12.0. The van der Waals surface area contributed by atoms with Gasteiger partial charge in [-0.2, -0.15) is 5.21 Å². The van der Waals surface area contributed by atoms with Crippen LogP contribution in [0.1, 0.15) is 0 Å². The molecule has 2 heterocycles. The first-order valence-electron chi connectivity index (χ1n) is 7.11. The van der Waals surface area contributed by atoms with Crippen molar-refractivity contribution in [3.63, 3.8) is 0 Å². The number of rotatable bonds is 3. The molecular formula is C16H12N6OS. The molecular weight excluding hydrogens is 324 g/mol. The summed E-state index contributed by atoms with van der Waals surface area (Å²) in [6.45, 7) is 0. The third-order valence-corrected chi connectivity index (χ3v) is 4.54. The van der Waals surface area contributed by atoms with Gasteiger partial charge >= 0.3 is 0 Å². The zero-order valence-corrected chi connectivity index (χ0v) is 13.2. The van der Waals surface area contributed by atoms with Gasteiger partial charge in [-0.25, -0.2) is 9.35 Å². The van der Waals surface area contributed by atoms with E-state index in [-0.39, 0.29) is 0 Å². The molecule has 0 aliphatic rings.